The zero-order valence-corrected chi connectivity index (χ0v) is 12.7. The van der Waals surface area contributed by atoms with Gasteiger partial charge in [-0.25, -0.2) is 4.79 Å². The third kappa shape index (κ3) is 6.05. The van der Waals surface area contributed by atoms with E-state index in [2.05, 4.69) is 10.6 Å². The molecule has 0 saturated carbocycles. The average Bonchev–Trinajstić information content (AvgIpc) is 2.51. The zero-order chi connectivity index (χ0) is 17.4. The molecule has 0 spiro atoms. The lowest BCUT2D eigenvalue weighted by molar-refractivity contribution is -0.145. The Morgan fingerprint density at radius 1 is 1.17 bits per heavy atom. The van der Waals surface area contributed by atoms with Crippen molar-refractivity contribution < 1.29 is 24.6 Å². The summed E-state index contributed by atoms with van der Waals surface area (Å²) >= 11 is 0. The number of aliphatic carboxylic acids is 1. The van der Waals surface area contributed by atoms with Gasteiger partial charge in [-0.3, -0.25) is 9.59 Å². The van der Waals surface area contributed by atoms with Crippen LogP contribution in [0.2, 0.25) is 0 Å². The number of carboxylic acids is 1. The van der Waals surface area contributed by atoms with E-state index in [0.717, 1.165) is 5.56 Å². The molecule has 0 radical (unpaired) electrons. The summed E-state index contributed by atoms with van der Waals surface area (Å²) in [5.41, 5.74) is 6.02. The number of aliphatic hydroxyl groups is 1. The van der Waals surface area contributed by atoms with Crippen molar-refractivity contribution in [3.8, 4) is 0 Å². The molecule has 8 heteroatoms. The molecule has 3 atom stereocenters. The fraction of sp³-hybridized carbons (Fsp3) is 0.400. The van der Waals surface area contributed by atoms with E-state index in [0.29, 0.717) is 0 Å². The smallest absolute Gasteiger partial charge is 0.328 e. The molecule has 0 saturated heterocycles. The van der Waals surface area contributed by atoms with Gasteiger partial charge in [-0.05, 0) is 12.5 Å². The van der Waals surface area contributed by atoms with E-state index < -0.39 is 36.0 Å². The van der Waals surface area contributed by atoms with Gasteiger partial charge < -0.3 is 26.6 Å². The van der Waals surface area contributed by atoms with Crippen LogP contribution in [-0.2, 0) is 20.8 Å². The molecule has 1 aromatic rings. The molecular formula is C15H21N3O5. The summed E-state index contributed by atoms with van der Waals surface area (Å²) in [7, 11) is 0. The third-order valence-electron chi connectivity index (χ3n) is 3.17. The molecule has 1 aromatic carbocycles. The number of carbonyl (C=O) groups excluding carboxylic acids is 2. The van der Waals surface area contributed by atoms with Crippen LogP contribution >= 0.6 is 0 Å². The number of amides is 2. The Balaban J connectivity index is 2.87. The van der Waals surface area contributed by atoms with Gasteiger partial charge in [0.25, 0.3) is 0 Å². The van der Waals surface area contributed by atoms with Crippen LogP contribution in [0.25, 0.3) is 0 Å². The average molecular weight is 323 g/mol. The van der Waals surface area contributed by atoms with Crippen LogP contribution in [0, 0.1) is 0 Å². The molecule has 8 nitrogen and oxygen atoms in total. The minimum Gasteiger partial charge on any atom is -0.480 e. The molecule has 23 heavy (non-hydrogen) atoms. The second-order valence-electron chi connectivity index (χ2n) is 5.08. The first-order valence-corrected chi connectivity index (χ1v) is 7.09. The Labute approximate surface area is 133 Å². The largest absolute Gasteiger partial charge is 0.480 e. The van der Waals surface area contributed by atoms with Crippen LogP contribution in [0.15, 0.2) is 30.3 Å². The maximum Gasteiger partial charge on any atom is 0.328 e. The third-order valence-corrected chi connectivity index (χ3v) is 3.17. The molecule has 0 aromatic heterocycles. The molecule has 0 bridgehead atoms. The Kier molecular flexibility index (Phi) is 7.17. The standard InChI is InChI=1S/C15H21N3O5/c1-9(19)13(15(22)23)18-14(21)11(17-12(20)8-16)7-10-5-3-2-4-6-10/h2-6,9,11,13,19H,7-8,16H2,1H3,(H,17,20)(H,18,21)(H,22,23)/t9-,11+,13+/m1/s1. The monoisotopic (exact) mass is 323 g/mol. The van der Waals surface area contributed by atoms with Gasteiger partial charge in [0, 0.05) is 6.42 Å². The first kappa shape index (κ1) is 18.6. The van der Waals surface area contributed by atoms with Crippen molar-refractivity contribution in [1.29, 1.82) is 0 Å². The van der Waals surface area contributed by atoms with Gasteiger partial charge in [-0.1, -0.05) is 30.3 Å². The number of benzene rings is 1. The Hall–Kier alpha value is -2.45. The lowest BCUT2D eigenvalue weighted by Crippen LogP contribution is -2.56. The molecule has 0 fully saturated rings. The van der Waals surface area contributed by atoms with Crippen molar-refractivity contribution in [2.75, 3.05) is 6.54 Å². The predicted molar refractivity (Wildman–Crippen MR) is 82.4 cm³/mol. The highest BCUT2D eigenvalue weighted by Crippen LogP contribution is 2.04. The molecule has 0 aliphatic carbocycles. The minimum absolute atomic E-state index is 0.171. The number of nitrogens with two attached hydrogens (primary N) is 1. The number of aliphatic hydroxyl groups excluding tert-OH is 1. The summed E-state index contributed by atoms with van der Waals surface area (Å²) in [4.78, 5) is 34.8. The van der Waals surface area contributed by atoms with Crippen molar-refractivity contribution in [3.05, 3.63) is 35.9 Å². The maximum absolute atomic E-state index is 12.3. The number of hydrogen-bond donors (Lipinski definition) is 5. The molecular weight excluding hydrogens is 302 g/mol. The number of carbonyl (C=O) groups is 3. The summed E-state index contributed by atoms with van der Waals surface area (Å²) in [6.07, 6.45) is -1.11. The van der Waals surface area contributed by atoms with Gasteiger partial charge in [-0.2, -0.15) is 0 Å². The highest BCUT2D eigenvalue weighted by atomic mass is 16.4. The number of hydrogen-bond acceptors (Lipinski definition) is 5. The first-order valence-electron chi connectivity index (χ1n) is 7.09. The molecule has 6 N–H and O–H groups in total. The van der Waals surface area contributed by atoms with E-state index in [1.54, 1.807) is 24.3 Å². The van der Waals surface area contributed by atoms with Crippen molar-refractivity contribution in [1.82, 2.24) is 10.6 Å². The van der Waals surface area contributed by atoms with Gasteiger partial charge in [0.15, 0.2) is 6.04 Å². The number of rotatable bonds is 8. The Morgan fingerprint density at radius 3 is 2.26 bits per heavy atom. The fourth-order valence-corrected chi connectivity index (χ4v) is 1.95. The lowest BCUT2D eigenvalue weighted by Gasteiger charge is -2.22. The quantitative estimate of drug-likeness (QED) is 0.399. The second kappa shape index (κ2) is 8.86. The zero-order valence-electron chi connectivity index (χ0n) is 12.7. The summed E-state index contributed by atoms with van der Waals surface area (Å²) in [5, 5.41) is 23.1. The predicted octanol–water partition coefficient (Wildman–Crippen LogP) is -1.38. The lowest BCUT2D eigenvalue weighted by atomic mass is 10.0. The van der Waals surface area contributed by atoms with Crippen LogP contribution < -0.4 is 16.4 Å². The van der Waals surface area contributed by atoms with Crippen molar-refractivity contribution in [2.24, 2.45) is 5.73 Å². The normalized spacial score (nSPS) is 14.4. The highest BCUT2D eigenvalue weighted by Gasteiger charge is 2.29. The van der Waals surface area contributed by atoms with Crippen molar-refractivity contribution in [3.63, 3.8) is 0 Å². The van der Waals surface area contributed by atoms with E-state index in [4.69, 9.17) is 10.8 Å². The molecule has 0 unspecified atom stereocenters. The highest BCUT2D eigenvalue weighted by molar-refractivity contribution is 5.91. The van der Waals surface area contributed by atoms with Crippen LogP contribution in [0.1, 0.15) is 12.5 Å². The van der Waals surface area contributed by atoms with E-state index in [9.17, 15) is 19.5 Å². The molecule has 0 aliphatic heterocycles. The first-order chi connectivity index (χ1) is 10.8. The molecule has 126 valence electrons. The molecule has 1 rings (SSSR count). The SMILES string of the molecule is C[C@@H](O)[C@H](NC(=O)[C@H](Cc1ccccc1)NC(=O)CN)C(=O)O. The molecule has 0 heterocycles. The van der Waals surface area contributed by atoms with E-state index in [-0.39, 0.29) is 13.0 Å². The van der Waals surface area contributed by atoms with Crippen LogP contribution in [-0.4, -0.2) is 52.7 Å². The van der Waals surface area contributed by atoms with E-state index in [1.807, 2.05) is 6.07 Å². The van der Waals surface area contributed by atoms with E-state index in [1.165, 1.54) is 6.92 Å². The van der Waals surface area contributed by atoms with Gasteiger partial charge in [0.2, 0.25) is 11.8 Å². The van der Waals surface area contributed by atoms with Crippen molar-refractivity contribution >= 4 is 17.8 Å². The fourth-order valence-electron chi connectivity index (χ4n) is 1.95. The van der Waals surface area contributed by atoms with Crippen LogP contribution in [0.3, 0.4) is 0 Å². The van der Waals surface area contributed by atoms with Gasteiger partial charge in [-0.15, -0.1) is 0 Å². The van der Waals surface area contributed by atoms with Crippen LogP contribution in [0.4, 0.5) is 0 Å². The summed E-state index contributed by atoms with van der Waals surface area (Å²) in [6, 6.07) is 6.47. The summed E-state index contributed by atoms with van der Waals surface area (Å²) < 4.78 is 0. The van der Waals surface area contributed by atoms with Gasteiger partial charge in [0.05, 0.1) is 12.6 Å². The van der Waals surface area contributed by atoms with E-state index >= 15 is 0 Å². The molecule has 0 aliphatic rings. The summed E-state index contributed by atoms with van der Waals surface area (Å²) in [5.74, 6) is -2.61. The van der Waals surface area contributed by atoms with Crippen molar-refractivity contribution in [2.45, 2.75) is 31.5 Å². The molecule has 2 amide bonds. The topological polar surface area (TPSA) is 142 Å². The van der Waals surface area contributed by atoms with Crippen LogP contribution in [0.5, 0.6) is 0 Å². The second-order valence-corrected chi connectivity index (χ2v) is 5.08. The van der Waals surface area contributed by atoms with Gasteiger partial charge >= 0.3 is 5.97 Å². The Bertz CT molecular complexity index is 547. The number of nitrogens with one attached hydrogen (secondary N) is 2. The summed E-state index contributed by atoms with van der Waals surface area (Å²) in [6.45, 7) is 0.959. The Morgan fingerprint density at radius 2 is 1.78 bits per heavy atom. The maximum atomic E-state index is 12.3. The van der Waals surface area contributed by atoms with Gasteiger partial charge in [0.1, 0.15) is 6.04 Å². The minimum atomic E-state index is -1.46. The number of carboxylic acid groups (broad SMARTS) is 1.